The topological polar surface area (TPSA) is 72.5 Å². The van der Waals surface area contributed by atoms with Gasteiger partial charge in [-0.3, -0.25) is 9.78 Å². The van der Waals surface area contributed by atoms with Gasteiger partial charge in [-0.2, -0.15) is 0 Å². The third kappa shape index (κ3) is 7.63. The van der Waals surface area contributed by atoms with Crippen LogP contribution in [0.5, 0.6) is 0 Å². The SMILES string of the molecule is CCNC(=O)c1cc(NCCCCOCCOC)ccn1. The van der Waals surface area contributed by atoms with Crippen LogP contribution in [0.4, 0.5) is 5.69 Å². The van der Waals surface area contributed by atoms with Crippen molar-refractivity contribution in [1.29, 1.82) is 0 Å². The number of methoxy groups -OCH3 is 1. The van der Waals surface area contributed by atoms with Crippen LogP contribution >= 0.6 is 0 Å². The van der Waals surface area contributed by atoms with Crippen LogP contribution in [-0.2, 0) is 9.47 Å². The van der Waals surface area contributed by atoms with E-state index in [1.807, 2.05) is 13.0 Å². The average molecular weight is 295 g/mol. The molecule has 2 N–H and O–H groups in total. The van der Waals surface area contributed by atoms with Crippen LogP contribution < -0.4 is 10.6 Å². The van der Waals surface area contributed by atoms with E-state index in [1.165, 1.54) is 0 Å². The Kier molecular flexibility index (Phi) is 9.15. The van der Waals surface area contributed by atoms with Crippen LogP contribution in [0.15, 0.2) is 18.3 Å². The van der Waals surface area contributed by atoms with Gasteiger partial charge in [-0.1, -0.05) is 0 Å². The van der Waals surface area contributed by atoms with E-state index in [-0.39, 0.29) is 5.91 Å². The van der Waals surface area contributed by atoms with Gasteiger partial charge in [0.2, 0.25) is 0 Å². The number of aromatic nitrogens is 1. The van der Waals surface area contributed by atoms with E-state index in [0.717, 1.165) is 31.7 Å². The van der Waals surface area contributed by atoms with Crippen LogP contribution in [0, 0.1) is 0 Å². The first-order valence-electron chi connectivity index (χ1n) is 7.32. The summed E-state index contributed by atoms with van der Waals surface area (Å²) in [5.41, 5.74) is 1.34. The second-order valence-corrected chi connectivity index (χ2v) is 4.53. The largest absolute Gasteiger partial charge is 0.385 e. The minimum absolute atomic E-state index is 0.146. The number of carbonyl (C=O) groups excluding carboxylic acids is 1. The zero-order valence-corrected chi connectivity index (χ0v) is 12.9. The summed E-state index contributed by atoms with van der Waals surface area (Å²) >= 11 is 0. The van der Waals surface area contributed by atoms with Crippen molar-refractivity contribution < 1.29 is 14.3 Å². The zero-order chi connectivity index (χ0) is 15.3. The smallest absolute Gasteiger partial charge is 0.269 e. The molecule has 0 aromatic carbocycles. The highest BCUT2D eigenvalue weighted by atomic mass is 16.5. The highest BCUT2D eigenvalue weighted by Gasteiger charge is 2.05. The standard InChI is InChI=1S/C15H25N3O3/c1-3-16-15(19)14-12-13(6-8-18-14)17-7-4-5-9-21-11-10-20-2/h6,8,12H,3-5,7,9-11H2,1-2H3,(H,16,19)(H,17,18). The van der Waals surface area contributed by atoms with Crippen molar-refractivity contribution in [3.63, 3.8) is 0 Å². The van der Waals surface area contributed by atoms with E-state index >= 15 is 0 Å². The van der Waals surface area contributed by atoms with Crippen LogP contribution in [-0.4, -0.2) is 50.9 Å². The molecule has 0 bridgehead atoms. The lowest BCUT2D eigenvalue weighted by atomic mass is 10.2. The van der Waals surface area contributed by atoms with Gasteiger partial charge < -0.3 is 20.1 Å². The zero-order valence-electron chi connectivity index (χ0n) is 12.9. The number of nitrogens with one attached hydrogen (secondary N) is 2. The second kappa shape index (κ2) is 11.0. The van der Waals surface area contributed by atoms with Crippen LogP contribution in [0.1, 0.15) is 30.3 Å². The highest BCUT2D eigenvalue weighted by Crippen LogP contribution is 2.08. The molecule has 0 atom stereocenters. The molecule has 1 heterocycles. The maximum atomic E-state index is 11.7. The van der Waals surface area contributed by atoms with Crippen LogP contribution in [0.2, 0.25) is 0 Å². The molecule has 1 rings (SSSR count). The molecule has 1 amide bonds. The Balaban J connectivity index is 2.20. The average Bonchev–Trinajstić information content (AvgIpc) is 2.50. The Bertz CT molecular complexity index is 413. The van der Waals surface area contributed by atoms with Crippen LogP contribution in [0.3, 0.4) is 0 Å². The summed E-state index contributed by atoms with van der Waals surface area (Å²) in [6.45, 7) is 5.34. The predicted molar refractivity (Wildman–Crippen MR) is 82.7 cm³/mol. The molecule has 0 fully saturated rings. The maximum Gasteiger partial charge on any atom is 0.269 e. The minimum Gasteiger partial charge on any atom is -0.385 e. The minimum atomic E-state index is -0.146. The molecule has 0 radical (unpaired) electrons. The molecule has 0 unspecified atom stereocenters. The van der Waals surface area contributed by atoms with E-state index in [1.54, 1.807) is 19.4 Å². The summed E-state index contributed by atoms with van der Waals surface area (Å²) < 4.78 is 10.3. The summed E-state index contributed by atoms with van der Waals surface area (Å²) in [5, 5.41) is 6.02. The fourth-order valence-corrected chi connectivity index (χ4v) is 1.72. The Morgan fingerprint density at radius 3 is 2.90 bits per heavy atom. The fourth-order valence-electron chi connectivity index (χ4n) is 1.72. The molecule has 6 heteroatoms. The molecule has 0 saturated heterocycles. The number of hydrogen-bond donors (Lipinski definition) is 2. The van der Waals surface area contributed by atoms with Gasteiger partial charge in [0.25, 0.3) is 5.91 Å². The molecule has 0 aliphatic carbocycles. The van der Waals surface area contributed by atoms with Gasteiger partial charge in [-0.25, -0.2) is 0 Å². The van der Waals surface area contributed by atoms with Gasteiger partial charge in [0.15, 0.2) is 0 Å². The number of ether oxygens (including phenoxy) is 2. The lowest BCUT2D eigenvalue weighted by Gasteiger charge is -2.08. The van der Waals surface area contributed by atoms with Crippen molar-refractivity contribution >= 4 is 11.6 Å². The molecule has 6 nitrogen and oxygen atoms in total. The number of unbranched alkanes of at least 4 members (excludes halogenated alkanes) is 1. The number of nitrogens with zero attached hydrogens (tertiary/aromatic N) is 1. The number of anilines is 1. The first-order chi connectivity index (χ1) is 10.3. The Morgan fingerprint density at radius 1 is 1.29 bits per heavy atom. The Morgan fingerprint density at radius 2 is 2.14 bits per heavy atom. The Labute approximate surface area is 126 Å². The number of amides is 1. The van der Waals surface area contributed by atoms with Gasteiger partial charge in [0.1, 0.15) is 5.69 Å². The quantitative estimate of drug-likeness (QED) is 0.608. The second-order valence-electron chi connectivity index (χ2n) is 4.53. The van der Waals surface area contributed by atoms with Gasteiger partial charge in [0.05, 0.1) is 13.2 Å². The number of pyridine rings is 1. The Hall–Kier alpha value is -1.66. The highest BCUT2D eigenvalue weighted by molar-refractivity contribution is 5.93. The number of carbonyl (C=O) groups is 1. The molecule has 0 spiro atoms. The van der Waals surface area contributed by atoms with Crippen molar-refractivity contribution in [2.75, 3.05) is 45.3 Å². The van der Waals surface area contributed by atoms with Crippen molar-refractivity contribution in [1.82, 2.24) is 10.3 Å². The maximum absolute atomic E-state index is 11.7. The van der Waals surface area contributed by atoms with E-state index < -0.39 is 0 Å². The summed E-state index contributed by atoms with van der Waals surface area (Å²) in [5.74, 6) is -0.146. The lowest BCUT2D eigenvalue weighted by molar-refractivity contribution is 0.0691. The summed E-state index contributed by atoms with van der Waals surface area (Å²) in [7, 11) is 1.66. The molecule has 0 aliphatic heterocycles. The van der Waals surface area contributed by atoms with Gasteiger partial charge in [-0.05, 0) is 31.9 Å². The van der Waals surface area contributed by atoms with Gasteiger partial charge in [-0.15, -0.1) is 0 Å². The molecule has 118 valence electrons. The van der Waals surface area contributed by atoms with Crippen molar-refractivity contribution in [2.24, 2.45) is 0 Å². The molecule has 1 aromatic heterocycles. The lowest BCUT2D eigenvalue weighted by Crippen LogP contribution is -2.23. The predicted octanol–water partition coefficient (Wildman–Crippen LogP) is 1.69. The van der Waals surface area contributed by atoms with Crippen molar-refractivity contribution in [3.05, 3.63) is 24.0 Å². The molecule has 21 heavy (non-hydrogen) atoms. The molecule has 1 aromatic rings. The summed E-state index contributed by atoms with van der Waals surface area (Å²) in [6, 6.07) is 3.62. The fraction of sp³-hybridized carbons (Fsp3) is 0.600. The summed E-state index contributed by atoms with van der Waals surface area (Å²) in [6.07, 6.45) is 3.64. The summed E-state index contributed by atoms with van der Waals surface area (Å²) in [4.78, 5) is 15.7. The van der Waals surface area contributed by atoms with Gasteiger partial charge in [0, 0.05) is 38.7 Å². The first kappa shape index (κ1) is 17.4. The monoisotopic (exact) mass is 295 g/mol. The van der Waals surface area contributed by atoms with E-state index in [9.17, 15) is 4.79 Å². The van der Waals surface area contributed by atoms with Crippen LogP contribution in [0.25, 0.3) is 0 Å². The van der Waals surface area contributed by atoms with Crippen molar-refractivity contribution in [2.45, 2.75) is 19.8 Å². The first-order valence-corrected chi connectivity index (χ1v) is 7.32. The molecular weight excluding hydrogens is 270 g/mol. The number of hydrogen-bond acceptors (Lipinski definition) is 5. The third-order valence-corrected chi connectivity index (χ3v) is 2.81. The van der Waals surface area contributed by atoms with E-state index in [0.29, 0.717) is 25.5 Å². The van der Waals surface area contributed by atoms with Gasteiger partial charge >= 0.3 is 0 Å². The molecule has 0 saturated carbocycles. The molecule has 0 aliphatic rings. The molecular formula is C15H25N3O3. The normalized spacial score (nSPS) is 10.4. The van der Waals surface area contributed by atoms with Crippen molar-refractivity contribution in [3.8, 4) is 0 Å². The number of rotatable bonds is 11. The van der Waals surface area contributed by atoms with E-state index in [4.69, 9.17) is 9.47 Å². The van der Waals surface area contributed by atoms with E-state index in [2.05, 4.69) is 15.6 Å². The third-order valence-electron chi connectivity index (χ3n) is 2.81.